The summed E-state index contributed by atoms with van der Waals surface area (Å²) in [6.07, 6.45) is 2.00. The Balaban J connectivity index is 1.06. The van der Waals surface area contributed by atoms with E-state index in [1.165, 1.54) is 0 Å². The summed E-state index contributed by atoms with van der Waals surface area (Å²) in [6.45, 7) is 9.48. The molecule has 3 aromatic carbocycles. The van der Waals surface area contributed by atoms with E-state index in [4.69, 9.17) is 28.9 Å². The fourth-order valence-electron chi connectivity index (χ4n) is 8.38. The van der Waals surface area contributed by atoms with Crippen LogP contribution < -0.4 is 4.74 Å². The molecular weight excluding hydrogens is 751 g/mol. The van der Waals surface area contributed by atoms with E-state index >= 15 is 0 Å². The molecule has 0 bridgehead atoms. The molecule has 3 aliphatic rings. The van der Waals surface area contributed by atoms with Gasteiger partial charge in [0.15, 0.2) is 0 Å². The quantitative estimate of drug-likeness (QED) is 0.157. The van der Waals surface area contributed by atoms with Crippen LogP contribution in [-0.2, 0) is 25.6 Å². The number of halogens is 2. The number of likely N-dealkylation sites (tertiary alicyclic amines) is 2. The first-order valence-electron chi connectivity index (χ1n) is 19.7. The molecule has 15 heteroatoms. The number of nitrogens with zero attached hydrogens (tertiary/aromatic N) is 4. The highest BCUT2D eigenvalue weighted by molar-refractivity contribution is 6.07. The Morgan fingerprint density at radius 2 is 1.53 bits per heavy atom. The van der Waals surface area contributed by atoms with Gasteiger partial charge in [0.1, 0.15) is 35.2 Å². The number of rotatable bonds is 8. The van der Waals surface area contributed by atoms with Crippen LogP contribution in [0.5, 0.6) is 5.75 Å². The number of nitrogens with one attached hydrogen (secondary N) is 2. The molecule has 5 aromatic rings. The molecule has 8 rings (SSSR count). The van der Waals surface area contributed by atoms with E-state index in [1.807, 2.05) is 39.0 Å². The number of fused-ring (bicyclic) bond motifs is 6. The Morgan fingerprint density at radius 1 is 0.862 bits per heavy atom. The van der Waals surface area contributed by atoms with Gasteiger partial charge in [-0.25, -0.2) is 19.6 Å². The SMILES string of the molecule is COC[C@H]1C[C@@H](c2ncc(-c3ccc4c(c3)COc3cc5c(ccc6[nH]c([C@@H]7C[C@H](COC(F)F)CN7C(=O)OC(C)(C)C)nc65)cc3-4)[nH]2)N(C(=O)OC(C)(C)C)C1. The Bertz CT molecular complexity index is 2350. The third-order valence-electron chi connectivity index (χ3n) is 10.8. The Labute approximate surface area is 335 Å². The minimum atomic E-state index is -2.89. The summed E-state index contributed by atoms with van der Waals surface area (Å²) in [7, 11) is 1.67. The third kappa shape index (κ3) is 8.06. The van der Waals surface area contributed by atoms with Gasteiger partial charge in [0, 0.05) is 43.0 Å². The monoisotopic (exact) mass is 800 g/mol. The van der Waals surface area contributed by atoms with Crippen LogP contribution in [0.2, 0.25) is 0 Å². The number of carbonyl (C=O) groups excluding carboxylic acids is 2. The lowest BCUT2D eigenvalue weighted by molar-refractivity contribution is -0.137. The van der Waals surface area contributed by atoms with Gasteiger partial charge in [-0.2, -0.15) is 8.78 Å². The number of hydrogen-bond acceptors (Lipinski definition) is 9. The molecule has 58 heavy (non-hydrogen) atoms. The van der Waals surface area contributed by atoms with Crippen LogP contribution in [0, 0.1) is 11.8 Å². The second-order valence-electron chi connectivity index (χ2n) is 17.5. The fraction of sp³-hybridized carbons (Fsp3) is 0.488. The van der Waals surface area contributed by atoms with Crippen molar-refractivity contribution in [2.75, 3.05) is 33.4 Å². The number of benzene rings is 3. The standard InChI is InChI=1S/C43H50F2N6O7/c1-42(2,3)57-40(52)50-18-23(20-54-7)12-33(50)37-46-17-32(48-37)26-8-10-28-27(14-26)22-55-35-16-29-25(15-30(28)35)9-11-31-36(29)49-38(47-31)34-13-24(21-56-39(44)45)19-51(34)41(53)58-43(4,5)6/h8-11,14-17,23-24,33-34,39H,12-13,18-22H2,1-7H3,(H,46,48)(H,47,49)/t23-,24-,33-,34-/m0/s1. The molecule has 4 atom stereocenters. The van der Waals surface area contributed by atoms with Crippen molar-refractivity contribution in [3.05, 3.63) is 65.9 Å². The minimum absolute atomic E-state index is 0.163. The topological polar surface area (TPSA) is 144 Å². The predicted molar refractivity (Wildman–Crippen MR) is 212 cm³/mol. The lowest BCUT2D eigenvalue weighted by Gasteiger charge is -2.27. The predicted octanol–water partition coefficient (Wildman–Crippen LogP) is 9.15. The summed E-state index contributed by atoms with van der Waals surface area (Å²) in [6, 6.07) is 13.6. The molecule has 0 radical (unpaired) electrons. The van der Waals surface area contributed by atoms with E-state index in [0.29, 0.717) is 49.8 Å². The van der Waals surface area contributed by atoms with Crippen LogP contribution >= 0.6 is 0 Å². The molecule has 0 unspecified atom stereocenters. The van der Waals surface area contributed by atoms with Crippen LogP contribution in [0.1, 0.15) is 83.7 Å². The number of imidazole rings is 2. The van der Waals surface area contributed by atoms with Crippen LogP contribution in [0.15, 0.2) is 48.7 Å². The number of aromatic amines is 2. The van der Waals surface area contributed by atoms with Crippen molar-refractivity contribution in [1.82, 2.24) is 29.7 Å². The van der Waals surface area contributed by atoms with Gasteiger partial charge in [0.25, 0.3) is 0 Å². The normalized spacial score (nSPS) is 20.8. The summed E-state index contributed by atoms with van der Waals surface area (Å²) in [4.78, 5) is 46.4. The second kappa shape index (κ2) is 15.1. The lowest BCUT2D eigenvalue weighted by Crippen LogP contribution is -2.37. The van der Waals surface area contributed by atoms with Gasteiger partial charge in [0.05, 0.1) is 48.2 Å². The maximum absolute atomic E-state index is 13.3. The second-order valence-corrected chi connectivity index (χ2v) is 17.5. The minimum Gasteiger partial charge on any atom is -0.488 e. The molecule has 2 amide bonds. The van der Waals surface area contributed by atoms with Crippen LogP contribution in [-0.4, -0.2) is 93.1 Å². The molecule has 2 aromatic heterocycles. The number of aromatic nitrogens is 4. The van der Waals surface area contributed by atoms with Crippen molar-refractivity contribution in [3.8, 4) is 28.1 Å². The summed E-state index contributed by atoms with van der Waals surface area (Å²) in [5, 5.41) is 1.84. The number of methoxy groups -OCH3 is 1. The van der Waals surface area contributed by atoms with E-state index in [0.717, 1.165) is 50.0 Å². The van der Waals surface area contributed by atoms with Gasteiger partial charge in [-0.3, -0.25) is 9.80 Å². The highest BCUT2D eigenvalue weighted by Gasteiger charge is 2.42. The van der Waals surface area contributed by atoms with Gasteiger partial charge in [-0.05, 0) is 101 Å². The van der Waals surface area contributed by atoms with Gasteiger partial charge in [-0.1, -0.05) is 18.2 Å². The van der Waals surface area contributed by atoms with E-state index < -0.39 is 29.9 Å². The number of amides is 2. The first-order chi connectivity index (χ1) is 27.5. The number of hydrogen-bond donors (Lipinski definition) is 2. The van der Waals surface area contributed by atoms with Gasteiger partial charge in [-0.15, -0.1) is 0 Å². The van der Waals surface area contributed by atoms with E-state index in [2.05, 4.69) is 39.0 Å². The van der Waals surface area contributed by atoms with Gasteiger partial charge in [0.2, 0.25) is 0 Å². The lowest BCUT2D eigenvalue weighted by atomic mass is 9.92. The van der Waals surface area contributed by atoms with Crippen molar-refractivity contribution >= 4 is 34.0 Å². The zero-order valence-electron chi connectivity index (χ0n) is 33.9. The molecule has 2 saturated heterocycles. The van der Waals surface area contributed by atoms with Gasteiger partial charge < -0.3 is 33.7 Å². The Kier molecular flexibility index (Phi) is 10.3. The Hall–Kier alpha value is -5.28. The zero-order valence-corrected chi connectivity index (χ0v) is 33.9. The van der Waals surface area contributed by atoms with Crippen molar-refractivity contribution in [3.63, 3.8) is 0 Å². The highest BCUT2D eigenvalue weighted by Crippen LogP contribution is 2.44. The van der Waals surface area contributed by atoms with Crippen molar-refractivity contribution in [1.29, 1.82) is 0 Å². The van der Waals surface area contributed by atoms with Crippen LogP contribution in [0.4, 0.5) is 18.4 Å². The highest BCUT2D eigenvalue weighted by atomic mass is 19.3. The maximum Gasteiger partial charge on any atom is 0.410 e. The summed E-state index contributed by atoms with van der Waals surface area (Å²) in [5.74, 6) is 1.82. The number of ether oxygens (including phenoxy) is 5. The molecule has 0 saturated carbocycles. The first-order valence-corrected chi connectivity index (χ1v) is 19.7. The van der Waals surface area contributed by atoms with Crippen LogP contribution in [0.3, 0.4) is 0 Å². The van der Waals surface area contributed by atoms with E-state index in [9.17, 15) is 18.4 Å². The van der Waals surface area contributed by atoms with Crippen LogP contribution in [0.25, 0.3) is 44.2 Å². The van der Waals surface area contributed by atoms with Crippen molar-refractivity contribution < 1.29 is 42.1 Å². The average Bonchev–Trinajstić information content (AvgIpc) is 3.97. The van der Waals surface area contributed by atoms with Crippen molar-refractivity contribution in [2.45, 2.75) is 90.9 Å². The summed E-state index contributed by atoms with van der Waals surface area (Å²) in [5.41, 5.74) is 4.95. The zero-order chi connectivity index (χ0) is 41.1. The van der Waals surface area contributed by atoms with E-state index in [1.54, 1.807) is 43.9 Å². The molecule has 0 aliphatic carbocycles. The summed E-state index contributed by atoms with van der Waals surface area (Å²) < 4.78 is 53.7. The first kappa shape index (κ1) is 39.5. The Morgan fingerprint density at radius 3 is 2.19 bits per heavy atom. The fourth-order valence-corrected chi connectivity index (χ4v) is 8.38. The van der Waals surface area contributed by atoms with Crippen molar-refractivity contribution in [2.24, 2.45) is 11.8 Å². The molecule has 0 spiro atoms. The van der Waals surface area contributed by atoms with E-state index in [-0.39, 0.29) is 37.1 Å². The molecular formula is C43H50F2N6O7. The maximum atomic E-state index is 13.3. The smallest absolute Gasteiger partial charge is 0.410 e. The molecule has 2 fully saturated rings. The molecule has 5 heterocycles. The molecule has 13 nitrogen and oxygen atoms in total. The summed E-state index contributed by atoms with van der Waals surface area (Å²) >= 11 is 0. The number of H-pyrrole nitrogens is 2. The van der Waals surface area contributed by atoms with Gasteiger partial charge >= 0.3 is 18.8 Å². The molecule has 3 aliphatic heterocycles. The molecule has 308 valence electrons. The molecule has 2 N–H and O–H groups in total. The third-order valence-corrected chi connectivity index (χ3v) is 10.8. The number of alkyl halides is 2. The number of carbonyl (C=O) groups is 2. The largest absolute Gasteiger partial charge is 0.488 e. The average molecular weight is 801 g/mol.